The van der Waals surface area contributed by atoms with Crippen LogP contribution in [-0.2, 0) is 0 Å². The number of hydrogen-bond donors (Lipinski definition) is 2. The molecule has 0 amide bonds. The van der Waals surface area contributed by atoms with Crippen LogP contribution in [-0.4, -0.2) is 10.8 Å². The maximum Gasteiger partial charge on any atom is 0.220 e. The molecule has 0 spiro atoms. The molecular weight excluding hydrogens is 240 g/mol. The molecule has 92 valence electrons. The number of benzene rings is 1. The predicted molar refractivity (Wildman–Crippen MR) is 61.7 cm³/mol. The zero-order chi connectivity index (χ0) is 13.1. The van der Waals surface area contributed by atoms with Gasteiger partial charge < -0.3 is 10.5 Å². The largest absolute Gasteiger partial charge is 0.436 e. The van der Waals surface area contributed by atoms with Crippen LogP contribution in [0.4, 0.5) is 8.78 Å². The molecule has 0 fully saturated rings. The van der Waals surface area contributed by atoms with E-state index in [2.05, 4.69) is 4.98 Å². The summed E-state index contributed by atoms with van der Waals surface area (Å²) in [5.41, 5.74) is 5.68. The molecule has 0 saturated carbocycles. The summed E-state index contributed by atoms with van der Waals surface area (Å²) >= 11 is 0. The van der Waals surface area contributed by atoms with Gasteiger partial charge in [0.05, 0.1) is 0 Å². The fourth-order valence-electron chi connectivity index (χ4n) is 1.31. The number of rotatable bonds is 3. The van der Waals surface area contributed by atoms with Crippen LogP contribution >= 0.6 is 0 Å². The standard InChI is InChI=1S/C12H9F2N3O/c13-8-2-1-3-9(11(8)14)18-10-6-7(12(15)16)4-5-17-10/h1-6H,(H3,15,16). The Kier molecular flexibility index (Phi) is 3.18. The van der Waals surface area contributed by atoms with Crippen molar-refractivity contribution in [2.24, 2.45) is 5.73 Å². The molecule has 18 heavy (non-hydrogen) atoms. The number of hydrogen-bond acceptors (Lipinski definition) is 3. The normalized spacial score (nSPS) is 10.1. The third-order valence-electron chi connectivity index (χ3n) is 2.18. The highest BCUT2D eigenvalue weighted by molar-refractivity contribution is 5.95. The van der Waals surface area contributed by atoms with Crippen LogP contribution in [0.2, 0.25) is 0 Å². The molecule has 0 aliphatic carbocycles. The molecule has 0 aliphatic heterocycles. The summed E-state index contributed by atoms with van der Waals surface area (Å²) in [6, 6.07) is 6.47. The molecule has 3 N–H and O–H groups in total. The molecule has 0 atom stereocenters. The third-order valence-corrected chi connectivity index (χ3v) is 2.18. The molecule has 2 rings (SSSR count). The average Bonchev–Trinajstić information content (AvgIpc) is 2.35. The summed E-state index contributed by atoms with van der Waals surface area (Å²) in [7, 11) is 0. The van der Waals surface area contributed by atoms with Crippen LogP contribution in [0.25, 0.3) is 0 Å². The Morgan fingerprint density at radius 1 is 1.28 bits per heavy atom. The molecule has 1 aromatic carbocycles. The first-order chi connectivity index (χ1) is 8.58. The van der Waals surface area contributed by atoms with Crippen LogP contribution in [0.15, 0.2) is 36.5 Å². The maximum absolute atomic E-state index is 13.4. The second-order valence-electron chi connectivity index (χ2n) is 3.45. The first-order valence-electron chi connectivity index (χ1n) is 5.00. The molecule has 1 heterocycles. The highest BCUT2D eigenvalue weighted by atomic mass is 19.2. The van der Waals surface area contributed by atoms with Crippen LogP contribution in [0.5, 0.6) is 11.6 Å². The van der Waals surface area contributed by atoms with Crippen molar-refractivity contribution in [2.45, 2.75) is 0 Å². The highest BCUT2D eigenvalue weighted by Crippen LogP contribution is 2.24. The van der Waals surface area contributed by atoms with Crippen molar-refractivity contribution >= 4 is 5.84 Å². The van der Waals surface area contributed by atoms with Crippen molar-refractivity contribution in [3.05, 3.63) is 53.7 Å². The van der Waals surface area contributed by atoms with Crippen molar-refractivity contribution in [3.63, 3.8) is 0 Å². The van der Waals surface area contributed by atoms with Crippen molar-refractivity contribution in [3.8, 4) is 11.6 Å². The Labute approximate surface area is 102 Å². The second kappa shape index (κ2) is 4.79. The van der Waals surface area contributed by atoms with E-state index in [1.807, 2.05) is 0 Å². The van der Waals surface area contributed by atoms with Crippen LogP contribution in [0.3, 0.4) is 0 Å². The van der Waals surface area contributed by atoms with E-state index in [9.17, 15) is 8.78 Å². The van der Waals surface area contributed by atoms with Gasteiger partial charge in [0.25, 0.3) is 0 Å². The Morgan fingerprint density at radius 3 is 2.78 bits per heavy atom. The smallest absolute Gasteiger partial charge is 0.220 e. The molecule has 0 saturated heterocycles. The van der Waals surface area contributed by atoms with E-state index in [0.717, 1.165) is 6.07 Å². The zero-order valence-corrected chi connectivity index (χ0v) is 9.15. The molecule has 4 nitrogen and oxygen atoms in total. The van der Waals surface area contributed by atoms with Crippen LogP contribution in [0, 0.1) is 17.0 Å². The number of nitrogens with one attached hydrogen (secondary N) is 1. The van der Waals surface area contributed by atoms with Crippen molar-refractivity contribution in [2.75, 3.05) is 0 Å². The topological polar surface area (TPSA) is 72.0 Å². The number of halogens is 2. The first-order valence-corrected chi connectivity index (χ1v) is 5.00. The molecule has 1 aromatic heterocycles. The van der Waals surface area contributed by atoms with Gasteiger partial charge in [-0.1, -0.05) is 6.07 Å². The van der Waals surface area contributed by atoms with E-state index in [1.165, 1.54) is 30.5 Å². The zero-order valence-electron chi connectivity index (χ0n) is 9.15. The molecule has 0 radical (unpaired) electrons. The molecule has 2 aromatic rings. The number of nitrogen functional groups attached to an aromatic ring is 1. The van der Waals surface area contributed by atoms with E-state index in [4.69, 9.17) is 15.9 Å². The SMILES string of the molecule is N=C(N)c1ccnc(Oc2cccc(F)c2F)c1. The second-order valence-corrected chi connectivity index (χ2v) is 3.45. The summed E-state index contributed by atoms with van der Waals surface area (Å²) in [6.07, 6.45) is 1.36. The van der Waals surface area contributed by atoms with Gasteiger partial charge in [0, 0.05) is 17.8 Å². The van der Waals surface area contributed by atoms with Gasteiger partial charge in [-0.2, -0.15) is 4.39 Å². The fourth-order valence-corrected chi connectivity index (χ4v) is 1.31. The monoisotopic (exact) mass is 249 g/mol. The Bertz CT molecular complexity index is 602. The summed E-state index contributed by atoms with van der Waals surface area (Å²) in [4.78, 5) is 3.82. The van der Waals surface area contributed by atoms with Crippen molar-refractivity contribution in [1.29, 1.82) is 5.41 Å². The quantitative estimate of drug-likeness (QED) is 0.648. The number of amidine groups is 1. The lowest BCUT2D eigenvalue weighted by Crippen LogP contribution is -2.11. The van der Waals surface area contributed by atoms with Crippen LogP contribution in [0.1, 0.15) is 5.56 Å². The fraction of sp³-hybridized carbons (Fsp3) is 0. The minimum absolute atomic E-state index is 0.0344. The minimum Gasteiger partial charge on any atom is -0.436 e. The van der Waals surface area contributed by atoms with Gasteiger partial charge in [-0.05, 0) is 18.2 Å². The third kappa shape index (κ3) is 2.42. The Hall–Kier alpha value is -2.50. The lowest BCUT2D eigenvalue weighted by molar-refractivity contribution is 0.405. The van der Waals surface area contributed by atoms with Gasteiger partial charge >= 0.3 is 0 Å². The molecule has 0 unspecified atom stereocenters. The molecule has 0 aliphatic rings. The number of nitrogens with zero attached hydrogens (tertiary/aromatic N) is 1. The minimum atomic E-state index is -1.09. The molecular formula is C12H9F2N3O. The summed E-state index contributed by atoms with van der Waals surface area (Å²) in [6.45, 7) is 0. The number of aromatic nitrogens is 1. The van der Waals surface area contributed by atoms with Gasteiger partial charge in [-0.25, -0.2) is 9.37 Å². The van der Waals surface area contributed by atoms with E-state index in [1.54, 1.807) is 0 Å². The van der Waals surface area contributed by atoms with Gasteiger partial charge in [-0.3, -0.25) is 5.41 Å². The van der Waals surface area contributed by atoms with Gasteiger partial charge in [0.1, 0.15) is 5.84 Å². The van der Waals surface area contributed by atoms with E-state index >= 15 is 0 Å². The van der Waals surface area contributed by atoms with E-state index < -0.39 is 11.6 Å². The Balaban J connectivity index is 2.31. The highest BCUT2D eigenvalue weighted by Gasteiger charge is 2.10. The summed E-state index contributed by atoms with van der Waals surface area (Å²) in [5, 5.41) is 7.25. The van der Waals surface area contributed by atoms with Gasteiger partial charge in [0.15, 0.2) is 11.6 Å². The summed E-state index contributed by atoms with van der Waals surface area (Å²) < 4.78 is 31.4. The summed E-state index contributed by atoms with van der Waals surface area (Å²) in [5.74, 6) is -2.50. The number of nitrogens with two attached hydrogens (primary N) is 1. The van der Waals surface area contributed by atoms with Crippen molar-refractivity contribution < 1.29 is 13.5 Å². The van der Waals surface area contributed by atoms with Gasteiger partial charge in [-0.15, -0.1) is 0 Å². The lowest BCUT2D eigenvalue weighted by Gasteiger charge is -2.07. The average molecular weight is 249 g/mol. The maximum atomic E-state index is 13.4. The van der Waals surface area contributed by atoms with E-state index in [0.29, 0.717) is 5.56 Å². The van der Waals surface area contributed by atoms with Crippen LogP contribution < -0.4 is 10.5 Å². The van der Waals surface area contributed by atoms with Crippen molar-refractivity contribution in [1.82, 2.24) is 4.98 Å². The number of pyridine rings is 1. The lowest BCUT2D eigenvalue weighted by atomic mass is 10.2. The molecule has 6 heteroatoms. The predicted octanol–water partition coefficient (Wildman–Crippen LogP) is 2.44. The van der Waals surface area contributed by atoms with Gasteiger partial charge in [0.2, 0.25) is 11.7 Å². The first kappa shape index (κ1) is 12.0. The number of ether oxygens (including phenoxy) is 1. The Morgan fingerprint density at radius 2 is 2.06 bits per heavy atom. The van der Waals surface area contributed by atoms with E-state index in [-0.39, 0.29) is 17.5 Å². The molecule has 0 bridgehead atoms.